The quantitative estimate of drug-likeness (QED) is 0.891. The normalized spacial score (nSPS) is 18.4. The van der Waals surface area contributed by atoms with Gasteiger partial charge in [0.2, 0.25) is 0 Å². The first-order valence-corrected chi connectivity index (χ1v) is 7.51. The van der Waals surface area contributed by atoms with Gasteiger partial charge in [-0.1, -0.05) is 12.1 Å². The molecule has 94 valence electrons. The molecule has 1 aliphatic carbocycles. The third-order valence-corrected chi connectivity index (χ3v) is 5.83. The highest BCUT2D eigenvalue weighted by Crippen LogP contribution is 2.47. The summed E-state index contributed by atoms with van der Waals surface area (Å²) in [7, 11) is -3.16. The van der Waals surface area contributed by atoms with Crippen LogP contribution in [0.15, 0.2) is 29.2 Å². The Balaban J connectivity index is 2.31. The molecule has 1 aromatic rings. The standard InChI is InChI=1S/C13H19NO2S/c1-10(2)17(15,16)12-5-3-11(4-6-12)13(9-14)7-8-13/h3-6,10H,7-9,14H2,1-2H3. The van der Waals surface area contributed by atoms with Crippen molar-refractivity contribution in [2.75, 3.05) is 6.54 Å². The van der Waals surface area contributed by atoms with Gasteiger partial charge in [-0.15, -0.1) is 0 Å². The van der Waals surface area contributed by atoms with Crippen LogP contribution in [-0.2, 0) is 15.3 Å². The van der Waals surface area contributed by atoms with Crippen molar-refractivity contribution < 1.29 is 8.42 Å². The molecule has 0 aliphatic heterocycles. The van der Waals surface area contributed by atoms with Gasteiger partial charge in [0, 0.05) is 12.0 Å². The smallest absolute Gasteiger partial charge is 0.180 e. The predicted molar refractivity (Wildman–Crippen MR) is 68.7 cm³/mol. The van der Waals surface area contributed by atoms with Crippen LogP contribution in [0, 0.1) is 0 Å². The third-order valence-electron chi connectivity index (χ3n) is 3.66. The number of hydrogen-bond acceptors (Lipinski definition) is 3. The molecule has 4 heteroatoms. The van der Waals surface area contributed by atoms with Gasteiger partial charge < -0.3 is 5.73 Å². The Morgan fingerprint density at radius 3 is 2.12 bits per heavy atom. The van der Waals surface area contributed by atoms with Crippen LogP contribution in [-0.4, -0.2) is 20.2 Å². The van der Waals surface area contributed by atoms with Gasteiger partial charge in [0.1, 0.15) is 0 Å². The summed E-state index contributed by atoms with van der Waals surface area (Å²) in [5.41, 5.74) is 7.05. The summed E-state index contributed by atoms with van der Waals surface area (Å²) in [5.74, 6) is 0. The molecule has 2 rings (SSSR count). The summed E-state index contributed by atoms with van der Waals surface area (Å²) in [4.78, 5) is 0.407. The largest absolute Gasteiger partial charge is 0.330 e. The molecule has 0 unspecified atom stereocenters. The molecular weight excluding hydrogens is 234 g/mol. The highest BCUT2D eigenvalue weighted by Gasteiger charge is 2.42. The van der Waals surface area contributed by atoms with E-state index in [1.807, 2.05) is 12.1 Å². The van der Waals surface area contributed by atoms with Crippen molar-refractivity contribution in [3.8, 4) is 0 Å². The molecule has 17 heavy (non-hydrogen) atoms. The van der Waals surface area contributed by atoms with Crippen molar-refractivity contribution in [3.05, 3.63) is 29.8 Å². The fourth-order valence-electron chi connectivity index (χ4n) is 2.03. The van der Waals surface area contributed by atoms with Crippen molar-refractivity contribution in [1.29, 1.82) is 0 Å². The summed E-state index contributed by atoms with van der Waals surface area (Å²) in [6.07, 6.45) is 2.22. The lowest BCUT2D eigenvalue weighted by atomic mass is 9.96. The maximum absolute atomic E-state index is 12.0. The zero-order chi connectivity index (χ0) is 12.7. The minimum atomic E-state index is -3.16. The van der Waals surface area contributed by atoms with Crippen molar-refractivity contribution in [2.24, 2.45) is 5.73 Å². The average molecular weight is 253 g/mol. The van der Waals surface area contributed by atoms with Crippen LogP contribution in [0.25, 0.3) is 0 Å². The molecule has 0 radical (unpaired) electrons. The molecule has 0 amide bonds. The number of benzene rings is 1. The molecule has 0 atom stereocenters. The summed E-state index contributed by atoms with van der Waals surface area (Å²) in [5, 5.41) is -0.377. The average Bonchev–Trinajstić information content (AvgIpc) is 3.10. The molecule has 0 bridgehead atoms. The number of rotatable bonds is 4. The van der Waals surface area contributed by atoms with Gasteiger partial charge in [0.15, 0.2) is 9.84 Å². The van der Waals surface area contributed by atoms with E-state index in [9.17, 15) is 8.42 Å². The molecule has 0 heterocycles. The van der Waals surface area contributed by atoms with Gasteiger partial charge in [-0.2, -0.15) is 0 Å². The SMILES string of the molecule is CC(C)S(=O)(=O)c1ccc(C2(CN)CC2)cc1. The number of hydrogen-bond donors (Lipinski definition) is 1. The fraction of sp³-hybridized carbons (Fsp3) is 0.538. The summed E-state index contributed by atoms with van der Waals surface area (Å²) < 4.78 is 23.9. The lowest BCUT2D eigenvalue weighted by Crippen LogP contribution is -2.20. The Hall–Kier alpha value is -0.870. The molecule has 2 N–H and O–H groups in total. The Morgan fingerprint density at radius 2 is 1.76 bits per heavy atom. The zero-order valence-corrected chi connectivity index (χ0v) is 11.1. The first kappa shape index (κ1) is 12.6. The van der Waals surface area contributed by atoms with E-state index in [0.29, 0.717) is 11.4 Å². The van der Waals surface area contributed by atoms with Crippen molar-refractivity contribution in [3.63, 3.8) is 0 Å². The number of nitrogens with two attached hydrogens (primary N) is 1. The van der Waals surface area contributed by atoms with Crippen LogP contribution in [0.2, 0.25) is 0 Å². The van der Waals surface area contributed by atoms with E-state index in [1.165, 1.54) is 5.56 Å². The van der Waals surface area contributed by atoms with Crippen molar-refractivity contribution in [1.82, 2.24) is 0 Å². The van der Waals surface area contributed by atoms with E-state index in [2.05, 4.69) is 0 Å². The summed E-state index contributed by atoms with van der Waals surface area (Å²) in [6, 6.07) is 7.24. The maximum Gasteiger partial charge on any atom is 0.180 e. The molecule has 3 nitrogen and oxygen atoms in total. The van der Waals surface area contributed by atoms with Gasteiger partial charge in [-0.05, 0) is 44.4 Å². The Morgan fingerprint density at radius 1 is 1.24 bits per heavy atom. The Labute approximate surface area is 103 Å². The van der Waals surface area contributed by atoms with Gasteiger partial charge in [0.05, 0.1) is 10.1 Å². The minimum Gasteiger partial charge on any atom is -0.330 e. The van der Waals surface area contributed by atoms with E-state index in [4.69, 9.17) is 5.73 Å². The maximum atomic E-state index is 12.0. The van der Waals surface area contributed by atoms with Crippen LogP contribution < -0.4 is 5.73 Å². The topological polar surface area (TPSA) is 60.2 Å². The van der Waals surface area contributed by atoms with E-state index in [-0.39, 0.29) is 10.7 Å². The van der Waals surface area contributed by atoms with Crippen molar-refractivity contribution in [2.45, 2.75) is 42.2 Å². The van der Waals surface area contributed by atoms with Crippen LogP contribution in [0.1, 0.15) is 32.3 Å². The van der Waals surface area contributed by atoms with Gasteiger partial charge in [-0.3, -0.25) is 0 Å². The second-order valence-corrected chi connectivity index (χ2v) is 7.61. The van der Waals surface area contributed by atoms with E-state index in [0.717, 1.165) is 12.8 Å². The highest BCUT2D eigenvalue weighted by molar-refractivity contribution is 7.92. The lowest BCUT2D eigenvalue weighted by Gasteiger charge is -2.14. The van der Waals surface area contributed by atoms with E-state index < -0.39 is 9.84 Å². The van der Waals surface area contributed by atoms with E-state index in [1.54, 1.807) is 26.0 Å². The summed E-state index contributed by atoms with van der Waals surface area (Å²) >= 11 is 0. The lowest BCUT2D eigenvalue weighted by molar-refractivity contribution is 0.587. The molecular formula is C13H19NO2S. The van der Waals surface area contributed by atoms with Gasteiger partial charge in [-0.25, -0.2) is 8.42 Å². The van der Waals surface area contributed by atoms with Crippen LogP contribution >= 0.6 is 0 Å². The fourth-order valence-corrected chi connectivity index (χ4v) is 3.09. The molecule has 1 aliphatic rings. The first-order chi connectivity index (χ1) is 7.92. The predicted octanol–water partition coefficient (Wildman–Crippen LogP) is 1.86. The van der Waals surface area contributed by atoms with Crippen LogP contribution in [0.5, 0.6) is 0 Å². The Kier molecular flexibility index (Phi) is 3.04. The Bertz CT molecular complexity index is 499. The molecule has 1 fully saturated rings. The zero-order valence-electron chi connectivity index (χ0n) is 10.3. The molecule has 1 aromatic carbocycles. The second-order valence-electron chi connectivity index (χ2n) is 5.10. The molecule has 0 spiro atoms. The van der Waals surface area contributed by atoms with E-state index >= 15 is 0 Å². The van der Waals surface area contributed by atoms with Gasteiger partial charge in [0.25, 0.3) is 0 Å². The molecule has 0 saturated heterocycles. The number of sulfone groups is 1. The minimum absolute atomic E-state index is 0.125. The van der Waals surface area contributed by atoms with Gasteiger partial charge >= 0.3 is 0 Å². The van der Waals surface area contributed by atoms with Crippen molar-refractivity contribution >= 4 is 9.84 Å². The van der Waals surface area contributed by atoms with Crippen LogP contribution in [0.3, 0.4) is 0 Å². The summed E-state index contributed by atoms with van der Waals surface area (Å²) in [6.45, 7) is 4.04. The van der Waals surface area contributed by atoms with Crippen LogP contribution in [0.4, 0.5) is 0 Å². The first-order valence-electron chi connectivity index (χ1n) is 5.97. The monoisotopic (exact) mass is 253 g/mol. The molecule has 0 aromatic heterocycles. The third kappa shape index (κ3) is 2.11. The second kappa shape index (κ2) is 4.10. The highest BCUT2D eigenvalue weighted by atomic mass is 32.2. The molecule has 1 saturated carbocycles.